The fourth-order valence-electron chi connectivity index (χ4n) is 3.31. The molecule has 0 radical (unpaired) electrons. The van der Waals surface area contributed by atoms with E-state index in [-0.39, 0.29) is 11.8 Å². The summed E-state index contributed by atoms with van der Waals surface area (Å²) in [6, 6.07) is 9.04. The highest BCUT2D eigenvalue weighted by Gasteiger charge is 2.53. The molecule has 0 aliphatic carbocycles. The van der Waals surface area contributed by atoms with E-state index in [1.165, 1.54) is 4.90 Å². The molecule has 0 N–H and O–H groups in total. The highest BCUT2D eigenvalue weighted by molar-refractivity contribution is 5.99. The van der Waals surface area contributed by atoms with Gasteiger partial charge in [-0.05, 0) is 25.0 Å². The summed E-state index contributed by atoms with van der Waals surface area (Å²) in [5.74, 6) is -0.307. The van der Waals surface area contributed by atoms with Gasteiger partial charge in [-0.3, -0.25) is 19.6 Å². The Labute approximate surface area is 141 Å². The third-order valence-electron chi connectivity index (χ3n) is 4.39. The number of hydrogen-bond acceptors (Lipinski definition) is 4. The Hall–Kier alpha value is -2.76. The van der Waals surface area contributed by atoms with Crippen LogP contribution in [0.4, 0.5) is 0 Å². The molecule has 0 bridgehead atoms. The zero-order chi connectivity index (χ0) is 17.2. The maximum absolute atomic E-state index is 13.1. The van der Waals surface area contributed by atoms with Crippen molar-refractivity contribution in [2.75, 3.05) is 20.6 Å². The molecule has 0 unspecified atom stereocenters. The average molecular weight is 324 g/mol. The van der Waals surface area contributed by atoms with Crippen LogP contribution in [0.3, 0.4) is 0 Å². The Bertz CT molecular complexity index is 733. The maximum atomic E-state index is 13.1. The van der Waals surface area contributed by atoms with Crippen molar-refractivity contribution in [3.8, 4) is 0 Å². The standard InChI is InChI=1S/C18H20N4O2/c1-21(2)17(24)18(15-13-19-10-11-20-15)9-6-12-22(18)16(23)14-7-4-3-5-8-14/h3-5,7-8,10-11,13H,6,9,12H2,1-2H3/t18-/m1/s1. The quantitative estimate of drug-likeness (QED) is 0.862. The minimum atomic E-state index is -1.09. The van der Waals surface area contributed by atoms with Crippen LogP contribution in [-0.4, -0.2) is 52.2 Å². The lowest BCUT2D eigenvalue weighted by Crippen LogP contribution is -2.55. The largest absolute Gasteiger partial charge is 0.346 e. The Kier molecular flexibility index (Phi) is 4.29. The molecule has 1 aliphatic rings. The smallest absolute Gasteiger partial charge is 0.255 e. The van der Waals surface area contributed by atoms with Gasteiger partial charge in [0.25, 0.3) is 11.8 Å². The monoisotopic (exact) mass is 324 g/mol. The summed E-state index contributed by atoms with van der Waals surface area (Å²) >= 11 is 0. The molecule has 2 amide bonds. The van der Waals surface area contributed by atoms with E-state index in [2.05, 4.69) is 9.97 Å². The van der Waals surface area contributed by atoms with Crippen LogP contribution in [0, 0.1) is 0 Å². The van der Waals surface area contributed by atoms with Gasteiger partial charge in [0.2, 0.25) is 0 Å². The summed E-state index contributed by atoms with van der Waals surface area (Å²) in [5, 5.41) is 0. The van der Waals surface area contributed by atoms with E-state index in [4.69, 9.17) is 0 Å². The van der Waals surface area contributed by atoms with Gasteiger partial charge in [-0.25, -0.2) is 0 Å². The van der Waals surface area contributed by atoms with Gasteiger partial charge in [0, 0.05) is 38.6 Å². The second kappa shape index (κ2) is 6.39. The molecular formula is C18H20N4O2. The Morgan fingerprint density at radius 1 is 1.17 bits per heavy atom. The lowest BCUT2D eigenvalue weighted by Gasteiger charge is -2.38. The first-order valence-electron chi connectivity index (χ1n) is 7.92. The third-order valence-corrected chi connectivity index (χ3v) is 4.39. The summed E-state index contributed by atoms with van der Waals surface area (Å²) < 4.78 is 0. The molecule has 1 saturated heterocycles. The number of benzene rings is 1. The van der Waals surface area contributed by atoms with Gasteiger partial charge in [0.15, 0.2) is 5.54 Å². The van der Waals surface area contributed by atoms with Crippen molar-refractivity contribution in [2.24, 2.45) is 0 Å². The van der Waals surface area contributed by atoms with Crippen LogP contribution in [0.25, 0.3) is 0 Å². The van der Waals surface area contributed by atoms with Gasteiger partial charge < -0.3 is 9.80 Å². The molecule has 6 heteroatoms. The molecule has 3 rings (SSSR count). The van der Waals surface area contributed by atoms with E-state index in [0.717, 1.165) is 6.42 Å². The van der Waals surface area contributed by atoms with E-state index in [0.29, 0.717) is 24.2 Å². The van der Waals surface area contributed by atoms with E-state index in [9.17, 15) is 9.59 Å². The summed E-state index contributed by atoms with van der Waals surface area (Å²) in [6.45, 7) is 0.518. The zero-order valence-electron chi connectivity index (χ0n) is 13.8. The molecule has 0 saturated carbocycles. The van der Waals surface area contributed by atoms with Gasteiger partial charge in [-0.1, -0.05) is 18.2 Å². The Balaban J connectivity index is 2.10. The SMILES string of the molecule is CN(C)C(=O)[C@]1(c2cnccn2)CCCN1C(=O)c1ccccc1. The van der Waals surface area contributed by atoms with Crippen LogP contribution >= 0.6 is 0 Å². The minimum Gasteiger partial charge on any atom is -0.346 e. The molecular weight excluding hydrogens is 304 g/mol. The molecule has 1 aromatic heterocycles. The third kappa shape index (κ3) is 2.54. The van der Waals surface area contributed by atoms with Crippen LogP contribution in [-0.2, 0) is 10.3 Å². The van der Waals surface area contributed by atoms with E-state index in [1.54, 1.807) is 49.7 Å². The normalized spacial score (nSPS) is 20.0. The molecule has 2 aromatic rings. The topological polar surface area (TPSA) is 66.4 Å². The molecule has 1 aromatic carbocycles. The van der Waals surface area contributed by atoms with Crippen LogP contribution in [0.1, 0.15) is 28.9 Å². The van der Waals surface area contributed by atoms with Crippen molar-refractivity contribution in [3.05, 3.63) is 60.2 Å². The highest BCUT2D eigenvalue weighted by Crippen LogP contribution is 2.40. The summed E-state index contributed by atoms with van der Waals surface area (Å²) in [6.07, 6.45) is 5.99. The number of carbonyl (C=O) groups excluding carboxylic acids is 2. The van der Waals surface area contributed by atoms with Crippen LogP contribution in [0.5, 0.6) is 0 Å². The molecule has 2 heterocycles. The molecule has 6 nitrogen and oxygen atoms in total. The fourth-order valence-corrected chi connectivity index (χ4v) is 3.31. The Morgan fingerprint density at radius 3 is 2.54 bits per heavy atom. The first-order chi connectivity index (χ1) is 11.6. The lowest BCUT2D eigenvalue weighted by atomic mass is 9.89. The van der Waals surface area contributed by atoms with E-state index < -0.39 is 5.54 Å². The first kappa shape index (κ1) is 16.1. The molecule has 24 heavy (non-hydrogen) atoms. The van der Waals surface area contributed by atoms with Crippen molar-refractivity contribution in [1.82, 2.24) is 19.8 Å². The Morgan fingerprint density at radius 2 is 1.92 bits per heavy atom. The first-order valence-corrected chi connectivity index (χ1v) is 7.92. The zero-order valence-corrected chi connectivity index (χ0v) is 13.8. The lowest BCUT2D eigenvalue weighted by molar-refractivity contribution is -0.140. The van der Waals surface area contributed by atoms with Gasteiger partial charge in [-0.15, -0.1) is 0 Å². The second-order valence-corrected chi connectivity index (χ2v) is 6.08. The number of aromatic nitrogens is 2. The van der Waals surface area contributed by atoms with Crippen LogP contribution < -0.4 is 0 Å². The predicted octanol–water partition coefficient (Wildman–Crippen LogP) is 1.70. The predicted molar refractivity (Wildman–Crippen MR) is 89.1 cm³/mol. The minimum absolute atomic E-state index is 0.148. The van der Waals surface area contributed by atoms with Gasteiger partial charge in [0.05, 0.1) is 11.9 Å². The van der Waals surface area contributed by atoms with Gasteiger partial charge in [0.1, 0.15) is 0 Å². The molecule has 1 atom stereocenters. The van der Waals surface area contributed by atoms with Crippen molar-refractivity contribution >= 4 is 11.8 Å². The summed E-state index contributed by atoms with van der Waals surface area (Å²) in [5.41, 5.74) is -0.00489. The average Bonchev–Trinajstić information content (AvgIpc) is 3.07. The number of rotatable bonds is 3. The number of likely N-dealkylation sites (tertiary alicyclic amines) is 1. The molecule has 1 aliphatic heterocycles. The molecule has 0 spiro atoms. The number of nitrogens with zero attached hydrogens (tertiary/aromatic N) is 4. The van der Waals surface area contributed by atoms with Crippen LogP contribution in [0.15, 0.2) is 48.9 Å². The highest BCUT2D eigenvalue weighted by atomic mass is 16.2. The van der Waals surface area contributed by atoms with E-state index >= 15 is 0 Å². The maximum Gasteiger partial charge on any atom is 0.255 e. The van der Waals surface area contributed by atoms with Crippen molar-refractivity contribution in [1.29, 1.82) is 0 Å². The van der Waals surface area contributed by atoms with Crippen molar-refractivity contribution in [2.45, 2.75) is 18.4 Å². The van der Waals surface area contributed by atoms with Gasteiger partial charge >= 0.3 is 0 Å². The van der Waals surface area contributed by atoms with Crippen LogP contribution in [0.2, 0.25) is 0 Å². The molecule has 1 fully saturated rings. The molecule has 124 valence electrons. The summed E-state index contributed by atoms with van der Waals surface area (Å²) in [4.78, 5) is 37.8. The number of carbonyl (C=O) groups is 2. The van der Waals surface area contributed by atoms with Crippen molar-refractivity contribution < 1.29 is 9.59 Å². The summed E-state index contributed by atoms with van der Waals surface area (Å²) in [7, 11) is 3.40. The number of amides is 2. The van der Waals surface area contributed by atoms with Gasteiger partial charge in [-0.2, -0.15) is 0 Å². The fraction of sp³-hybridized carbons (Fsp3) is 0.333. The van der Waals surface area contributed by atoms with Crippen molar-refractivity contribution in [3.63, 3.8) is 0 Å². The number of likely N-dealkylation sites (N-methyl/N-ethyl adjacent to an activating group) is 1. The number of hydrogen-bond donors (Lipinski definition) is 0. The second-order valence-electron chi connectivity index (χ2n) is 6.08. The van der Waals surface area contributed by atoms with E-state index in [1.807, 2.05) is 18.2 Å².